The average Bonchev–Trinajstić information content (AvgIpc) is 2.51. The Morgan fingerprint density at radius 1 is 0.565 bits per heavy atom. The Morgan fingerprint density at radius 2 is 0.913 bits per heavy atom. The number of hydrogen-bond acceptors (Lipinski definition) is 2. The Labute approximate surface area is 141 Å². The minimum Gasteiger partial charge on any atom is -0.385 e. The number of hydrogen-bond donors (Lipinski definition) is 2. The van der Waals surface area contributed by atoms with Crippen molar-refractivity contribution in [1.29, 1.82) is 0 Å². The molecular weight excluding hydrogens is 280 g/mol. The smallest absolute Gasteiger partial charge is 0.0399 e. The maximum absolute atomic E-state index is 3.59. The number of nitrogens with one attached hydrogen (secondary N) is 2. The van der Waals surface area contributed by atoms with E-state index in [2.05, 4.69) is 74.7 Å². The summed E-state index contributed by atoms with van der Waals surface area (Å²) in [6.07, 6.45) is 3.67. The van der Waals surface area contributed by atoms with Gasteiger partial charge in [0, 0.05) is 24.5 Å². The van der Waals surface area contributed by atoms with Crippen molar-refractivity contribution in [2.45, 2.75) is 47.0 Å². The minimum absolute atomic E-state index is 1.05. The molecule has 2 heteroatoms. The van der Waals surface area contributed by atoms with Crippen molar-refractivity contribution < 1.29 is 0 Å². The van der Waals surface area contributed by atoms with Crippen LogP contribution in [0.4, 0.5) is 11.4 Å². The predicted octanol–water partition coefficient (Wildman–Crippen LogP) is 5.61. The average molecular weight is 310 g/mol. The second kappa shape index (κ2) is 8.61. The number of para-hydroxylation sites is 2. The van der Waals surface area contributed by atoms with Crippen LogP contribution >= 0.6 is 0 Å². The summed E-state index contributed by atoms with van der Waals surface area (Å²) in [6, 6.07) is 12.9. The molecule has 0 bridgehead atoms. The SMILES string of the molecule is Cc1cccc(C)c1NCCCCCNc1c(C)cccc1C. The summed E-state index contributed by atoms with van der Waals surface area (Å²) >= 11 is 0. The zero-order valence-corrected chi connectivity index (χ0v) is 15.0. The first kappa shape index (κ1) is 17.4. The van der Waals surface area contributed by atoms with Crippen molar-refractivity contribution in [3.63, 3.8) is 0 Å². The molecule has 124 valence electrons. The molecule has 0 fully saturated rings. The molecule has 0 radical (unpaired) electrons. The third-order valence-electron chi connectivity index (χ3n) is 4.42. The zero-order valence-electron chi connectivity index (χ0n) is 15.0. The molecule has 0 aliphatic heterocycles. The summed E-state index contributed by atoms with van der Waals surface area (Å²) in [4.78, 5) is 0. The first-order valence-corrected chi connectivity index (χ1v) is 8.70. The highest BCUT2D eigenvalue weighted by Gasteiger charge is 2.02. The lowest BCUT2D eigenvalue weighted by atomic mass is 10.1. The molecule has 2 nitrogen and oxygen atoms in total. The van der Waals surface area contributed by atoms with Crippen LogP contribution in [0.15, 0.2) is 36.4 Å². The molecule has 2 aromatic carbocycles. The number of aryl methyl sites for hydroxylation is 4. The predicted molar refractivity (Wildman–Crippen MR) is 103 cm³/mol. The molecule has 23 heavy (non-hydrogen) atoms. The van der Waals surface area contributed by atoms with Gasteiger partial charge in [-0.2, -0.15) is 0 Å². The first-order valence-electron chi connectivity index (χ1n) is 8.70. The Bertz CT molecular complexity index is 536. The van der Waals surface area contributed by atoms with Gasteiger partial charge in [0.25, 0.3) is 0 Å². The molecule has 2 aromatic rings. The Hall–Kier alpha value is -1.96. The van der Waals surface area contributed by atoms with Gasteiger partial charge in [-0.3, -0.25) is 0 Å². The van der Waals surface area contributed by atoms with E-state index in [4.69, 9.17) is 0 Å². The molecule has 0 saturated carbocycles. The van der Waals surface area contributed by atoms with Crippen LogP contribution < -0.4 is 10.6 Å². The number of benzene rings is 2. The summed E-state index contributed by atoms with van der Waals surface area (Å²) < 4.78 is 0. The van der Waals surface area contributed by atoms with Gasteiger partial charge in [0.15, 0.2) is 0 Å². The van der Waals surface area contributed by atoms with Gasteiger partial charge in [-0.1, -0.05) is 36.4 Å². The third kappa shape index (κ3) is 5.02. The molecule has 0 spiro atoms. The van der Waals surface area contributed by atoms with Crippen molar-refractivity contribution in [2.75, 3.05) is 23.7 Å². The molecule has 0 heterocycles. The summed E-state index contributed by atoms with van der Waals surface area (Å²) in [5.41, 5.74) is 7.95. The number of rotatable bonds is 8. The molecule has 2 N–H and O–H groups in total. The zero-order chi connectivity index (χ0) is 16.7. The summed E-state index contributed by atoms with van der Waals surface area (Å²) in [5.74, 6) is 0. The monoisotopic (exact) mass is 310 g/mol. The number of unbranched alkanes of at least 4 members (excludes halogenated alkanes) is 2. The van der Waals surface area contributed by atoms with Gasteiger partial charge >= 0.3 is 0 Å². The van der Waals surface area contributed by atoms with Crippen molar-refractivity contribution in [3.8, 4) is 0 Å². The molecule has 0 aromatic heterocycles. The normalized spacial score (nSPS) is 10.6. The summed E-state index contributed by atoms with van der Waals surface area (Å²) in [7, 11) is 0. The molecule has 2 rings (SSSR count). The maximum atomic E-state index is 3.59. The van der Waals surface area contributed by atoms with Crippen molar-refractivity contribution in [1.82, 2.24) is 0 Å². The van der Waals surface area contributed by atoms with Crippen LogP contribution in [0.2, 0.25) is 0 Å². The highest BCUT2D eigenvalue weighted by Crippen LogP contribution is 2.20. The van der Waals surface area contributed by atoms with Gasteiger partial charge in [0.2, 0.25) is 0 Å². The summed E-state index contributed by atoms with van der Waals surface area (Å²) in [6.45, 7) is 10.8. The second-order valence-electron chi connectivity index (χ2n) is 6.45. The first-order chi connectivity index (χ1) is 11.1. The Kier molecular flexibility index (Phi) is 6.52. The highest BCUT2D eigenvalue weighted by molar-refractivity contribution is 5.57. The fourth-order valence-electron chi connectivity index (χ4n) is 3.04. The van der Waals surface area contributed by atoms with Crippen LogP contribution in [0, 0.1) is 27.7 Å². The van der Waals surface area contributed by atoms with Crippen molar-refractivity contribution in [2.24, 2.45) is 0 Å². The van der Waals surface area contributed by atoms with E-state index >= 15 is 0 Å². The number of anilines is 2. The van der Waals surface area contributed by atoms with E-state index in [9.17, 15) is 0 Å². The topological polar surface area (TPSA) is 24.1 Å². The van der Waals surface area contributed by atoms with Crippen LogP contribution in [-0.4, -0.2) is 13.1 Å². The highest BCUT2D eigenvalue weighted by atomic mass is 14.9. The van der Waals surface area contributed by atoms with Gasteiger partial charge in [-0.25, -0.2) is 0 Å². The van der Waals surface area contributed by atoms with E-state index in [0.29, 0.717) is 0 Å². The molecular formula is C21H30N2. The molecule has 0 unspecified atom stereocenters. The van der Waals surface area contributed by atoms with E-state index in [1.807, 2.05) is 0 Å². The van der Waals surface area contributed by atoms with E-state index in [0.717, 1.165) is 13.1 Å². The van der Waals surface area contributed by atoms with Gasteiger partial charge in [0.05, 0.1) is 0 Å². The van der Waals surface area contributed by atoms with Crippen LogP contribution in [0.25, 0.3) is 0 Å². The van der Waals surface area contributed by atoms with E-state index in [1.54, 1.807) is 0 Å². The van der Waals surface area contributed by atoms with Crippen LogP contribution in [0.5, 0.6) is 0 Å². The Morgan fingerprint density at radius 3 is 1.26 bits per heavy atom. The fraction of sp³-hybridized carbons (Fsp3) is 0.429. The van der Waals surface area contributed by atoms with Crippen LogP contribution in [0.1, 0.15) is 41.5 Å². The van der Waals surface area contributed by atoms with Crippen molar-refractivity contribution >= 4 is 11.4 Å². The van der Waals surface area contributed by atoms with Crippen LogP contribution in [-0.2, 0) is 0 Å². The molecule has 0 saturated heterocycles. The molecule has 0 aliphatic rings. The van der Waals surface area contributed by atoms with Gasteiger partial charge in [-0.05, 0) is 69.2 Å². The van der Waals surface area contributed by atoms with Gasteiger partial charge in [0.1, 0.15) is 0 Å². The lowest BCUT2D eigenvalue weighted by Crippen LogP contribution is -2.07. The quantitative estimate of drug-likeness (QED) is 0.619. The molecule has 0 aliphatic carbocycles. The largest absolute Gasteiger partial charge is 0.385 e. The minimum atomic E-state index is 1.05. The maximum Gasteiger partial charge on any atom is 0.0399 e. The van der Waals surface area contributed by atoms with Crippen molar-refractivity contribution in [3.05, 3.63) is 58.7 Å². The second-order valence-corrected chi connectivity index (χ2v) is 6.45. The lowest BCUT2D eigenvalue weighted by molar-refractivity contribution is 0.720. The van der Waals surface area contributed by atoms with E-state index in [-0.39, 0.29) is 0 Å². The summed E-state index contributed by atoms with van der Waals surface area (Å²) in [5, 5.41) is 7.18. The Balaban J connectivity index is 1.65. The van der Waals surface area contributed by atoms with E-state index < -0.39 is 0 Å². The van der Waals surface area contributed by atoms with Gasteiger partial charge in [-0.15, -0.1) is 0 Å². The standard InChI is InChI=1S/C21H30N2/c1-16-10-8-11-17(2)20(16)22-14-6-5-7-15-23-21-18(3)12-9-13-19(21)4/h8-13,22-23H,5-7,14-15H2,1-4H3. The van der Waals surface area contributed by atoms with Gasteiger partial charge < -0.3 is 10.6 Å². The fourth-order valence-corrected chi connectivity index (χ4v) is 3.04. The van der Waals surface area contributed by atoms with E-state index in [1.165, 1.54) is 52.9 Å². The molecule has 0 atom stereocenters. The lowest BCUT2D eigenvalue weighted by Gasteiger charge is -2.13. The molecule has 0 amide bonds. The third-order valence-corrected chi connectivity index (χ3v) is 4.42. The van der Waals surface area contributed by atoms with Crippen LogP contribution in [0.3, 0.4) is 0 Å².